The van der Waals surface area contributed by atoms with Crippen LogP contribution in [0, 0.1) is 0 Å². The molecule has 8 heteroatoms. The van der Waals surface area contributed by atoms with E-state index in [9.17, 15) is 0 Å². The standard InChI is InChI=1S/H3O4P.H2O.H4Si.W/c1-5(2,3)4;;;/h(H3,1,2,3,4);1H2;1H4;. The molecule has 0 aliphatic rings. The van der Waals surface area contributed by atoms with E-state index in [4.69, 9.17) is 19.2 Å². The molecule has 0 spiro atoms. The van der Waals surface area contributed by atoms with Gasteiger partial charge in [-0.15, -0.1) is 0 Å². The molecule has 0 aromatic rings. The summed E-state index contributed by atoms with van der Waals surface area (Å²) in [4.78, 5) is 21.6. The third kappa shape index (κ3) is 262. The normalized spacial score (nSPS) is 7.38. The van der Waals surface area contributed by atoms with Gasteiger partial charge in [0, 0.05) is 21.1 Å². The van der Waals surface area contributed by atoms with Gasteiger partial charge in [0.25, 0.3) is 0 Å². The SMILES string of the molecule is O.O=P(O)(O)O.[SiH4].[W]. The topological polar surface area (TPSA) is 109 Å². The number of rotatable bonds is 0. The summed E-state index contributed by atoms with van der Waals surface area (Å²) < 4.78 is 8.88. The summed E-state index contributed by atoms with van der Waals surface area (Å²) in [6, 6.07) is 0. The molecule has 0 aromatic carbocycles. The maximum Gasteiger partial charge on any atom is 0.466 e. The average molecular weight is 332 g/mol. The van der Waals surface area contributed by atoms with Crippen molar-refractivity contribution < 1.29 is 45.8 Å². The summed E-state index contributed by atoms with van der Waals surface area (Å²) in [6.45, 7) is 0. The van der Waals surface area contributed by atoms with Crippen LogP contribution < -0.4 is 0 Å². The van der Waals surface area contributed by atoms with Crippen molar-refractivity contribution in [2.45, 2.75) is 0 Å². The number of hydrogen-bond acceptors (Lipinski definition) is 1. The van der Waals surface area contributed by atoms with Gasteiger partial charge in [0.15, 0.2) is 0 Å². The van der Waals surface area contributed by atoms with Crippen LogP contribution in [0.15, 0.2) is 0 Å². The van der Waals surface area contributed by atoms with Crippen molar-refractivity contribution in [2.75, 3.05) is 0 Å². The Morgan fingerprint density at radius 2 is 1.12 bits per heavy atom. The van der Waals surface area contributed by atoms with Crippen LogP contribution in [0.5, 0.6) is 0 Å². The van der Waals surface area contributed by atoms with E-state index in [-0.39, 0.29) is 37.5 Å². The summed E-state index contributed by atoms with van der Waals surface area (Å²) in [5.74, 6) is 0. The zero-order valence-electron chi connectivity index (χ0n) is 3.11. The first-order valence-corrected chi connectivity index (χ1v) is 2.35. The van der Waals surface area contributed by atoms with Gasteiger partial charge in [0.05, 0.1) is 0 Å². The van der Waals surface area contributed by atoms with Crippen LogP contribution in [-0.2, 0) is 25.6 Å². The molecule has 0 amide bonds. The van der Waals surface area contributed by atoms with Gasteiger partial charge >= 0.3 is 7.82 Å². The molecule has 0 bridgehead atoms. The molecule has 0 saturated heterocycles. The first-order chi connectivity index (χ1) is 2.00. The fourth-order valence-electron chi connectivity index (χ4n) is 0. The van der Waals surface area contributed by atoms with Crippen molar-refractivity contribution in [1.82, 2.24) is 0 Å². The second kappa shape index (κ2) is 7.98. The predicted molar refractivity (Wildman–Crippen MR) is 29.2 cm³/mol. The molecule has 0 aliphatic carbocycles. The number of hydrogen-bond donors (Lipinski definition) is 3. The second-order valence-electron chi connectivity index (χ2n) is 0.513. The van der Waals surface area contributed by atoms with Crippen molar-refractivity contribution in [3.05, 3.63) is 0 Å². The number of phosphoric acid groups is 1. The van der Waals surface area contributed by atoms with Crippen LogP contribution in [0.3, 0.4) is 0 Å². The monoisotopic (exact) mass is 332 g/mol. The molecule has 0 heterocycles. The molecule has 54 valence electrons. The van der Waals surface area contributed by atoms with Crippen molar-refractivity contribution in [3.63, 3.8) is 0 Å². The van der Waals surface area contributed by atoms with Crippen molar-refractivity contribution in [2.24, 2.45) is 0 Å². The van der Waals surface area contributed by atoms with Gasteiger partial charge in [-0.1, -0.05) is 0 Å². The summed E-state index contributed by atoms with van der Waals surface area (Å²) >= 11 is 0. The largest absolute Gasteiger partial charge is 0.466 e. The van der Waals surface area contributed by atoms with Crippen LogP contribution >= 0.6 is 7.82 Å². The Balaban J connectivity index is -0.0000000267. The zero-order valence-corrected chi connectivity index (χ0v) is 6.93. The summed E-state index contributed by atoms with van der Waals surface area (Å²) in [5.41, 5.74) is 0. The van der Waals surface area contributed by atoms with E-state index in [1.165, 1.54) is 0 Å². The van der Waals surface area contributed by atoms with Gasteiger partial charge in [-0.25, -0.2) is 4.57 Å². The Hall–Kier alpha value is 0.975. The smallest absolute Gasteiger partial charge is 0.412 e. The van der Waals surface area contributed by atoms with E-state index in [1.807, 2.05) is 0 Å². The molecule has 0 aliphatic heterocycles. The Morgan fingerprint density at radius 1 is 1.12 bits per heavy atom. The minimum Gasteiger partial charge on any atom is -0.412 e. The molecule has 0 saturated carbocycles. The first kappa shape index (κ1) is 23.1. The summed E-state index contributed by atoms with van der Waals surface area (Å²) in [7, 11) is -4.64. The Bertz CT molecular complexity index is 58.6. The van der Waals surface area contributed by atoms with E-state index in [0.29, 0.717) is 0 Å². The minimum absolute atomic E-state index is 0. The maximum atomic E-state index is 8.88. The zero-order chi connectivity index (χ0) is 4.50. The van der Waals surface area contributed by atoms with Crippen LogP contribution in [0.4, 0.5) is 0 Å². The third-order valence-electron chi connectivity index (χ3n) is 0. The average Bonchev–Trinajstić information content (AvgIpc) is 0.722. The molecule has 0 atom stereocenters. The van der Waals surface area contributed by atoms with E-state index >= 15 is 0 Å². The third-order valence-corrected chi connectivity index (χ3v) is 0. The van der Waals surface area contributed by atoms with Gasteiger partial charge in [-0.05, 0) is 11.0 Å². The Labute approximate surface area is 64.9 Å². The molecule has 5 N–H and O–H groups in total. The van der Waals surface area contributed by atoms with E-state index in [0.717, 1.165) is 0 Å². The Morgan fingerprint density at radius 3 is 1.12 bits per heavy atom. The van der Waals surface area contributed by atoms with Gasteiger partial charge in [0.1, 0.15) is 0 Å². The van der Waals surface area contributed by atoms with E-state index < -0.39 is 7.82 Å². The van der Waals surface area contributed by atoms with Crippen molar-refractivity contribution in [3.8, 4) is 0 Å². The molecular formula is H9O5PSiW. The predicted octanol–water partition coefficient (Wildman–Crippen LogP) is -3.21. The second-order valence-corrected chi connectivity index (χ2v) is 1.54. The van der Waals surface area contributed by atoms with E-state index in [1.54, 1.807) is 0 Å². The molecular weight excluding hydrogens is 323 g/mol. The van der Waals surface area contributed by atoms with Crippen molar-refractivity contribution >= 4 is 18.8 Å². The van der Waals surface area contributed by atoms with Crippen LogP contribution in [0.2, 0.25) is 0 Å². The minimum atomic E-state index is -4.64. The van der Waals surface area contributed by atoms with Gasteiger partial charge in [0.2, 0.25) is 0 Å². The van der Waals surface area contributed by atoms with Crippen LogP contribution in [0.1, 0.15) is 0 Å². The van der Waals surface area contributed by atoms with Gasteiger partial charge in [-0.2, -0.15) is 0 Å². The fourth-order valence-corrected chi connectivity index (χ4v) is 0. The molecule has 8 heavy (non-hydrogen) atoms. The molecule has 0 fully saturated rings. The molecule has 5 nitrogen and oxygen atoms in total. The summed E-state index contributed by atoms with van der Waals surface area (Å²) in [6.07, 6.45) is 0. The van der Waals surface area contributed by atoms with Crippen LogP contribution in [-0.4, -0.2) is 31.1 Å². The molecule has 0 radical (unpaired) electrons. The van der Waals surface area contributed by atoms with Crippen LogP contribution in [0.25, 0.3) is 0 Å². The maximum absolute atomic E-state index is 8.88. The first-order valence-electron chi connectivity index (χ1n) is 0.783. The van der Waals surface area contributed by atoms with E-state index in [2.05, 4.69) is 0 Å². The summed E-state index contributed by atoms with van der Waals surface area (Å²) in [5, 5.41) is 0. The fraction of sp³-hybridized carbons (Fsp3) is 0. The Kier molecular flexibility index (Phi) is 23.0. The molecule has 0 unspecified atom stereocenters. The van der Waals surface area contributed by atoms with Crippen molar-refractivity contribution in [1.29, 1.82) is 0 Å². The molecule has 0 rings (SSSR count). The van der Waals surface area contributed by atoms with Gasteiger partial charge < -0.3 is 20.2 Å². The van der Waals surface area contributed by atoms with Gasteiger partial charge in [-0.3, -0.25) is 0 Å². The quantitative estimate of drug-likeness (QED) is 0.320. The molecule has 0 aromatic heterocycles.